The monoisotopic (exact) mass is 366 g/mol. The fourth-order valence-electron chi connectivity index (χ4n) is 3.34. The zero-order chi connectivity index (χ0) is 18.3. The molecule has 1 saturated heterocycles. The number of benzene rings is 1. The van der Waals surface area contributed by atoms with Gasteiger partial charge in [0.25, 0.3) is 0 Å². The van der Waals surface area contributed by atoms with Gasteiger partial charge in [-0.1, -0.05) is 25.4 Å². The third-order valence-corrected chi connectivity index (χ3v) is 5.77. The molecule has 25 heavy (non-hydrogen) atoms. The third kappa shape index (κ3) is 5.25. The molecule has 1 heterocycles. The SMILES string of the molecule is CCC(CC)(CCO)CN=C(N)N1CCN(c2ccc(Cl)cc2)CC1. The summed E-state index contributed by atoms with van der Waals surface area (Å²) in [6, 6.07) is 7.97. The number of rotatable bonds is 7. The summed E-state index contributed by atoms with van der Waals surface area (Å²) in [6.45, 7) is 8.78. The van der Waals surface area contributed by atoms with Gasteiger partial charge in [-0.25, -0.2) is 0 Å². The molecule has 140 valence electrons. The normalized spacial score (nSPS) is 16.4. The van der Waals surface area contributed by atoms with Crippen molar-refractivity contribution in [2.24, 2.45) is 16.1 Å². The molecule has 1 fully saturated rings. The van der Waals surface area contributed by atoms with E-state index in [4.69, 9.17) is 17.3 Å². The molecule has 0 spiro atoms. The van der Waals surface area contributed by atoms with E-state index in [1.165, 1.54) is 5.69 Å². The van der Waals surface area contributed by atoms with Crippen LogP contribution in [0.15, 0.2) is 29.3 Å². The van der Waals surface area contributed by atoms with Gasteiger partial charge in [0.15, 0.2) is 5.96 Å². The molecule has 0 aromatic heterocycles. The highest BCUT2D eigenvalue weighted by atomic mass is 35.5. The van der Waals surface area contributed by atoms with Crippen LogP contribution >= 0.6 is 11.6 Å². The Balaban J connectivity index is 1.91. The highest BCUT2D eigenvalue weighted by Crippen LogP contribution is 2.30. The predicted molar refractivity (Wildman–Crippen MR) is 106 cm³/mol. The quantitative estimate of drug-likeness (QED) is 0.575. The number of hydrogen-bond donors (Lipinski definition) is 2. The Hall–Kier alpha value is -1.46. The molecule has 0 aliphatic carbocycles. The highest BCUT2D eigenvalue weighted by molar-refractivity contribution is 6.30. The van der Waals surface area contributed by atoms with E-state index >= 15 is 0 Å². The fraction of sp³-hybridized carbons (Fsp3) is 0.632. The number of nitrogens with zero attached hydrogens (tertiary/aromatic N) is 3. The second kappa shape index (κ2) is 9.30. The van der Waals surface area contributed by atoms with E-state index in [1.54, 1.807) is 0 Å². The summed E-state index contributed by atoms with van der Waals surface area (Å²) in [5, 5.41) is 10.1. The maximum atomic E-state index is 9.33. The molecule has 0 bridgehead atoms. The number of anilines is 1. The smallest absolute Gasteiger partial charge is 0.191 e. The molecule has 6 heteroatoms. The van der Waals surface area contributed by atoms with E-state index in [0.717, 1.165) is 50.5 Å². The van der Waals surface area contributed by atoms with Crippen molar-refractivity contribution in [3.63, 3.8) is 0 Å². The van der Waals surface area contributed by atoms with Gasteiger partial charge in [-0.05, 0) is 48.9 Å². The minimum absolute atomic E-state index is 0.0600. The lowest BCUT2D eigenvalue weighted by molar-refractivity contribution is 0.175. The molecule has 0 saturated carbocycles. The van der Waals surface area contributed by atoms with Crippen molar-refractivity contribution in [3.8, 4) is 0 Å². The average molecular weight is 367 g/mol. The first-order chi connectivity index (χ1) is 12.0. The maximum absolute atomic E-state index is 9.33. The Morgan fingerprint density at radius 2 is 1.76 bits per heavy atom. The lowest BCUT2D eigenvalue weighted by atomic mass is 9.79. The fourth-order valence-corrected chi connectivity index (χ4v) is 3.46. The number of piperazine rings is 1. The zero-order valence-electron chi connectivity index (χ0n) is 15.4. The first kappa shape index (κ1) is 19.9. The highest BCUT2D eigenvalue weighted by Gasteiger charge is 2.26. The minimum Gasteiger partial charge on any atom is -0.396 e. The van der Waals surface area contributed by atoms with Crippen LogP contribution in [-0.2, 0) is 0 Å². The molecule has 2 rings (SSSR count). The number of aliphatic hydroxyl groups is 1. The molecular formula is C19H31ClN4O. The largest absolute Gasteiger partial charge is 0.396 e. The summed E-state index contributed by atoms with van der Waals surface area (Å²) in [5.74, 6) is 0.625. The zero-order valence-corrected chi connectivity index (χ0v) is 16.2. The van der Waals surface area contributed by atoms with Crippen molar-refractivity contribution in [2.45, 2.75) is 33.1 Å². The first-order valence-electron chi connectivity index (χ1n) is 9.20. The number of aliphatic imine (C=N–C) groups is 1. The van der Waals surface area contributed by atoms with Crippen molar-refractivity contribution >= 4 is 23.2 Å². The molecule has 1 aliphatic heterocycles. The van der Waals surface area contributed by atoms with Crippen LogP contribution < -0.4 is 10.6 Å². The second-order valence-electron chi connectivity index (χ2n) is 6.81. The predicted octanol–water partition coefficient (Wildman–Crippen LogP) is 2.97. The number of nitrogens with two attached hydrogens (primary N) is 1. The summed E-state index contributed by atoms with van der Waals surface area (Å²) in [6.07, 6.45) is 2.79. The minimum atomic E-state index is 0.0600. The Labute approximate surface area is 156 Å². The van der Waals surface area contributed by atoms with Crippen LogP contribution in [-0.4, -0.2) is 55.3 Å². The first-order valence-corrected chi connectivity index (χ1v) is 9.57. The van der Waals surface area contributed by atoms with E-state index in [9.17, 15) is 5.11 Å². The molecule has 0 radical (unpaired) electrons. The summed E-state index contributed by atoms with van der Waals surface area (Å²) < 4.78 is 0. The van der Waals surface area contributed by atoms with Crippen LogP contribution in [0.3, 0.4) is 0 Å². The van der Waals surface area contributed by atoms with Crippen molar-refractivity contribution in [1.29, 1.82) is 0 Å². The second-order valence-corrected chi connectivity index (χ2v) is 7.24. The molecule has 1 aromatic carbocycles. The summed E-state index contributed by atoms with van der Waals surface area (Å²) >= 11 is 5.96. The van der Waals surface area contributed by atoms with Crippen molar-refractivity contribution in [1.82, 2.24) is 4.90 Å². The Kier molecular flexibility index (Phi) is 7.38. The molecule has 0 unspecified atom stereocenters. The van der Waals surface area contributed by atoms with E-state index in [2.05, 4.69) is 40.8 Å². The van der Waals surface area contributed by atoms with Crippen LogP contribution in [0.2, 0.25) is 5.02 Å². The summed E-state index contributed by atoms with van der Waals surface area (Å²) in [4.78, 5) is 9.16. The lowest BCUT2D eigenvalue weighted by Gasteiger charge is -2.37. The Morgan fingerprint density at radius 3 is 2.28 bits per heavy atom. The topological polar surface area (TPSA) is 65.1 Å². The number of halogens is 1. The van der Waals surface area contributed by atoms with Gasteiger partial charge in [0.1, 0.15) is 0 Å². The van der Waals surface area contributed by atoms with E-state index in [-0.39, 0.29) is 12.0 Å². The van der Waals surface area contributed by atoms with Gasteiger partial charge >= 0.3 is 0 Å². The van der Waals surface area contributed by atoms with Gasteiger partial charge in [-0.2, -0.15) is 0 Å². The molecule has 0 atom stereocenters. The molecule has 3 N–H and O–H groups in total. The maximum Gasteiger partial charge on any atom is 0.191 e. The van der Waals surface area contributed by atoms with Crippen LogP contribution in [0.1, 0.15) is 33.1 Å². The van der Waals surface area contributed by atoms with Gasteiger partial charge in [0.05, 0.1) is 0 Å². The molecule has 1 aromatic rings. The summed E-state index contributed by atoms with van der Waals surface area (Å²) in [7, 11) is 0. The average Bonchev–Trinajstić information content (AvgIpc) is 2.66. The number of aliphatic hydroxyl groups excluding tert-OH is 1. The van der Waals surface area contributed by atoms with Crippen molar-refractivity contribution in [2.75, 3.05) is 44.2 Å². The van der Waals surface area contributed by atoms with Gasteiger partial charge < -0.3 is 20.6 Å². The van der Waals surface area contributed by atoms with Crippen molar-refractivity contribution < 1.29 is 5.11 Å². The van der Waals surface area contributed by atoms with E-state index in [0.29, 0.717) is 12.5 Å². The van der Waals surface area contributed by atoms with Crippen LogP contribution in [0, 0.1) is 5.41 Å². The third-order valence-electron chi connectivity index (χ3n) is 5.51. The van der Waals surface area contributed by atoms with E-state index < -0.39 is 0 Å². The van der Waals surface area contributed by atoms with E-state index in [1.807, 2.05) is 12.1 Å². The molecule has 0 amide bonds. The van der Waals surface area contributed by atoms with Crippen LogP contribution in [0.25, 0.3) is 0 Å². The van der Waals surface area contributed by atoms with Gasteiger partial charge in [-0.3, -0.25) is 4.99 Å². The van der Waals surface area contributed by atoms with Crippen molar-refractivity contribution in [3.05, 3.63) is 29.3 Å². The number of hydrogen-bond acceptors (Lipinski definition) is 3. The Bertz CT molecular complexity index is 549. The lowest BCUT2D eigenvalue weighted by Crippen LogP contribution is -2.51. The molecule has 1 aliphatic rings. The van der Waals surface area contributed by atoms with Gasteiger partial charge in [0, 0.05) is 50.0 Å². The molecule has 5 nitrogen and oxygen atoms in total. The Morgan fingerprint density at radius 1 is 1.16 bits per heavy atom. The van der Waals surface area contributed by atoms with Gasteiger partial charge in [-0.15, -0.1) is 0 Å². The summed E-state index contributed by atoms with van der Waals surface area (Å²) in [5.41, 5.74) is 7.50. The van der Waals surface area contributed by atoms with Crippen LogP contribution in [0.4, 0.5) is 5.69 Å². The van der Waals surface area contributed by atoms with Gasteiger partial charge in [0.2, 0.25) is 0 Å². The molecular weight excluding hydrogens is 336 g/mol. The standard InChI is InChI=1S/C19H31ClN4O/c1-3-19(4-2,9-14-25)15-22-18(21)24-12-10-23(11-13-24)17-7-5-16(20)6-8-17/h5-8,25H,3-4,9-15H2,1-2H3,(H2,21,22). The van der Waals surface area contributed by atoms with Crippen LogP contribution in [0.5, 0.6) is 0 Å². The number of guanidine groups is 1.